The molecule has 1 heterocycles. The molecule has 3 rings (SSSR count). The van der Waals surface area contributed by atoms with E-state index >= 15 is 0 Å². The summed E-state index contributed by atoms with van der Waals surface area (Å²) in [6.45, 7) is 4.04. The third-order valence-electron chi connectivity index (χ3n) is 4.64. The van der Waals surface area contributed by atoms with E-state index < -0.39 is 0 Å². The molecule has 0 aliphatic carbocycles. The second-order valence-corrected chi connectivity index (χ2v) is 8.52. The molecular formula is C22H21Cl2NO4S. The standard InChI is InChI=1S/C22H21Cl2NO4S/c1-4-13(2)29-18-9-8-14(10-19(18)28-3)11-20-21(26)25(22(27)30-20)12-15-16(23)6-5-7-17(15)24/h5-11,13H,4,12H2,1-3H3/b20-11+/t13-/m0/s1. The molecule has 30 heavy (non-hydrogen) atoms. The number of imide groups is 1. The van der Waals surface area contributed by atoms with Crippen molar-refractivity contribution in [2.24, 2.45) is 0 Å². The quantitative estimate of drug-likeness (QED) is 0.441. The van der Waals surface area contributed by atoms with Gasteiger partial charge in [-0.1, -0.05) is 42.3 Å². The number of rotatable bonds is 7. The number of thioether (sulfide) groups is 1. The molecule has 1 saturated heterocycles. The highest BCUT2D eigenvalue weighted by atomic mass is 35.5. The highest BCUT2D eigenvalue weighted by molar-refractivity contribution is 8.18. The zero-order chi connectivity index (χ0) is 21.8. The molecule has 8 heteroatoms. The molecule has 5 nitrogen and oxygen atoms in total. The number of benzene rings is 2. The predicted octanol–water partition coefficient (Wildman–Crippen LogP) is 6.42. The molecular weight excluding hydrogens is 445 g/mol. The van der Waals surface area contributed by atoms with E-state index in [1.165, 1.54) is 0 Å². The summed E-state index contributed by atoms with van der Waals surface area (Å²) >= 11 is 13.2. The third kappa shape index (κ3) is 4.94. The predicted molar refractivity (Wildman–Crippen MR) is 121 cm³/mol. The number of hydrogen-bond acceptors (Lipinski definition) is 5. The fourth-order valence-electron chi connectivity index (χ4n) is 2.80. The summed E-state index contributed by atoms with van der Waals surface area (Å²) in [5, 5.41) is 0.449. The first kappa shape index (κ1) is 22.5. The second-order valence-electron chi connectivity index (χ2n) is 6.72. The summed E-state index contributed by atoms with van der Waals surface area (Å²) in [5.41, 5.74) is 1.27. The molecule has 1 aliphatic rings. The molecule has 1 fully saturated rings. The number of nitrogens with zero attached hydrogens (tertiary/aromatic N) is 1. The summed E-state index contributed by atoms with van der Waals surface area (Å²) in [7, 11) is 1.56. The minimum atomic E-state index is -0.389. The molecule has 158 valence electrons. The first-order valence-corrected chi connectivity index (χ1v) is 10.9. The number of carbonyl (C=O) groups excluding carboxylic acids is 2. The van der Waals surface area contributed by atoms with Gasteiger partial charge in [-0.2, -0.15) is 0 Å². The molecule has 0 bridgehead atoms. The van der Waals surface area contributed by atoms with Crippen LogP contribution in [0.2, 0.25) is 10.0 Å². The number of hydrogen-bond donors (Lipinski definition) is 0. The highest BCUT2D eigenvalue weighted by Crippen LogP contribution is 2.37. The maximum atomic E-state index is 12.8. The molecule has 0 N–H and O–H groups in total. The van der Waals surface area contributed by atoms with Gasteiger partial charge in [0, 0.05) is 15.6 Å². The van der Waals surface area contributed by atoms with Gasteiger partial charge in [-0.3, -0.25) is 14.5 Å². The highest BCUT2D eigenvalue weighted by Gasteiger charge is 2.35. The van der Waals surface area contributed by atoms with Gasteiger partial charge in [0.2, 0.25) is 0 Å². The summed E-state index contributed by atoms with van der Waals surface area (Å²) in [6.07, 6.45) is 2.58. The van der Waals surface area contributed by atoms with Gasteiger partial charge in [0.25, 0.3) is 11.1 Å². The van der Waals surface area contributed by atoms with E-state index in [1.807, 2.05) is 19.9 Å². The molecule has 0 saturated carbocycles. The van der Waals surface area contributed by atoms with Gasteiger partial charge in [0.1, 0.15) is 0 Å². The van der Waals surface area contributed by atoms with Crippen LogP contribution >= 0.6 is 35.0 Å². The molecule has 0 radical (unpaired) electrons. The Morgan fingerprint density at radius 3 is 2.47 bits per heavy atom. The van der Waals surface area contributed by atoms with Crippen LogP contribution in [0, 0.1) is 0 Å². The van der Waals surface area contributed by atoms with Crippen molar-refractivity contribution in [2.45, 2.75) is 32.9 Å². The Labute approximate surface area is 189 Å². The average molecular weight is 466 g/mol. The number of carbonyl (C=O) groups is 2. The largest absolute Gasteiger partial charge is 0.493 e. The Morgan fingerprint density at radius 2 is 1.83 bits per heavy atom. The fraction of sp³-hybridized carbons (Fsp3) is 0.273. The van der Waals surface area contributed by atoms with Gasteiger partial charge in [0.15, 0.2) is 11.5 Å². The van der Waals surface area contributed by atoms with Gasteiger partial charge in [-0.15, -0.1) is 0 Å². The van der Waals surface area contributed by atoms with Crippen molar-refractivity contribution in [3.05, 3.63) is 62.5 Å². The molecule has 0 spiro atoms. The second kappa shape index (κ2) is 9.77. The van der Waals surface area contributed by atoms with Crippen molar-refractivity contribution in [1.29, 1.82) is 0 Å². The smallest absolute Gasteiger partial charge is 0.293 e. The summed E-state index contributed by atoms with van der Waals surface area (Å²) in [4.78, 5) is 26.7. The van der Waals surface area contributed by atoms with Crippen LogP contribution in [-0.4, -0.2) is 29.3 Å². The minimum absolute atomic E-state index is 0.0194. The summed E-state index contributed by atoms with van der Waals surface area (Å²) in [6, 6.07) is 10.4. The SMILES string of the molecule is CC[C@H](C)Oc1ccc(/C=C2/SC(=O)N(Cc3c(Cl)cccc3Cl)C2=O)cc1OC. The van der Waals surface area contributed by atoms with E-state index in [0.717, 1.165) is 28.6 Å². The van der Waals surface area contributed by atoms with Crippen LogP contribution in [0.15, 0.2) is 41.3 Å². The van der Waals surface area contributed by atoms with E-state index in [0.29, 0.717) is 32.0 Å². The van der Waals surface area contributed by atoms with Crippen molar-refractivity contribution in [3.8, 4) is 11.5 Å². The Kier molecular flexibility index (Phi) is 7.34. The molecule has 1 atom stereocenters. The Hall–Kier alpha value is -2.15. The van der Waals surface area contributed by atoms with Gasteiger partial charge in [0.05, 0.1) is 24.7 Å². The van der Waals surface area contributed by atoms with E-state index in [9.17, 15) is 9.59 Å². The summed E-state index contributed by atoms with van der Waals surface area (Å²) in [5.74, 6) is 0.802. The molecule has 0 unspecified atom stereocenters. The lowest BCUT2D eigenvalue weighted by Gasteiger charge is -2.16. The topological polar surface area (TPSA) is 55.8 Å². The van der Waals surface area contributed by atoms with E-state index in [2.05, 4.69) is 0 Å². The van der Waals surface area contributed by atoms with Crippen LogP contribution in [0.1, 0.15) is 31.4 Å². The minimum Gasteiger partial charge on any atom is -0.493 e. The molecule has 1 aliphatic heterocycles. The van der Waals surface area contributed by atoms with Crippen LogP contribution in [0.25, 0.3) is 6.08 Å². The maximum absolute atomic E-state index is 12.8. The molecule has 0 aromatic heterocycles. The van der Waals surface area contributed by atoms with E-state index in [1.54, 1.807) is 43.5 Å². The Morgan fingerprint density at radius 1 is 1.13 bits per heavy atom. The lowest BCUT2D eigenvalue weighted by molar-refractivity contribution is -0.123. The average Bonchev–Trinajstić information content (AvgIpc) is 2.98. The zero-order valence-electron chi connectivity index (χ0n) is 16.8. The van der Waals surface area contributed by atoms with Crippen molar-refractivity contribution < 1.29 is 19.1 Å². The third-order valence-corrected chi connectivity index (χ3v) is 6.26. The zero-order valence-corrected chi connectivity index (χ0v) is 19.1. The summed E-state index contributed by atoms with van der Waals surface area (Å²) < 4.78 is 11.3. The molecule has 2 aromatic rings. The lowest BCUT2D eigenvalue weighted by atomic mass is 10.1. The number of amides is 2. The van der Waals surface area contributed by atoms with Crippen molar-refractivity contribution >= 4 is 52.2 Å². The number of halogens is 2. The maximum Gasteiger partial charge on any atom is 0.293 e. The van der Waals surface area contributed by atoms with Gasteiger partial charge in [-0.25, -0.2) is 0 Å². The fourth-order valence-corrected chi connectivity index (χ4v) is 4.16. The molecule has 2 amide bonds. The van der Waals surface area contributed by atoms with Gasteiger partial charge < -0.3 is 9.47 Å². The normalized spacial score (nSPS) is 16.3. The lowest BCUT2D eigenvalue weighted by Crippen LogP contribution is -2.27. The van der Waals surface area contributed by atoms with Crippen LogP contribution < -0.4 is 9.47 Å². The van der Waals surface area contributed by atoms with Crippen molar-refractivity contribution in [2.75, 3.05) is 7.11 Å². The first-order chi connectivity index (χ1) is 14.3. The van der Waals surface area contributed by atoms with Crippen LogP contribution in [0.3, 0.4) is 0 Å². The molecule has 2 aromatic carbocycles. The van der Waals surface area contributed by atoms with Gasteiger partial charge in [-0.05, 0) is 61.0 Å². The first-order valence-electron chi connectivity index (χ1n) is 9.37. The number of methoxy groups -OCH3 is 1. The Bertz CT molecular complexity index is 988. The monoisotopic (exact) mass is 465 g/mol. The van der Waals surface area contributed by atoms with Crippen LogP contribution in [-0.2, 0) is 11.3 Å². The van der Waals surface area contributed by atoms with Gasteiger partial charge >= 0.3 is 0 Å². The van der Waals surface area contributed by atoms with Crippen molar-refractivity contribution in [1.82, 2.24) is 4.90 Å². The van der Waals surface area contributed by atoms with E-state index in [-0.39, 0.29) is 23.8 Å². The van der Waals surface area contributed by atoms with Crippen LogP contribution in [0.5, 0.6) is 11.5 Å². The number of ether oxygens (including phenoxy) is 2. The Balaban J connectivity index is 1.83. The van der Waals surface area contributed by atoms with Crippen molar-refractivity contribution in [3.63, 3.8) is 0 Å². The van der Waals surface area contributed by atoms with E-state index in [4.69, 9.17) is 32.7 Å². The van der Waals surface area contributed by atoms with Crippen LogP contribution in [0.4, 0.5) is 4.79 Å².